The maximum Gasteiger partial charge on any atom is 0.272 e. The van der Waals surface area contributed by atoms with Crippen molar-refractivity contribution in [3.05, 3.63) is 63.2 Å². The van der Waals surface area contributed by atoms with Crippen molar-refractivity contribution in [1.82, 2.24) is 0 Å². The molecule has 0 atom stereocenters. The zero-order valence-corrected chi connectivity index (χ0v) is 14.1. The quantitative estimate of drug-likeness (QED) is 0.503. The van der Waals surface area contributed by atoms with E-state index in [0.29, 0.717) is 16.8 Å². The number of carbonyl (C=O) groups is 1. The van der Waals surface area contributed by atoms with Gasteiger partial charge in [-0.15, -0.1) is 0 Å². The highest BCUT2D eigenvalue weighted by molar-refractivity contribution is 6.05. The average molecular weight is 328 g/mol. The molecule has 6 heteroatoms. The molecule has 126 valence electrons. The van der Waals surface area contributed by atoms with Crippen molar-refractivity contribution >= 4 is 17.3 Å². The SMILES string of the molecule is Cc1cc(C(=O)Nc2cc(C(C)(C)C)ccc2O)ccc1[N+](=O)[O-]. The summed E-state index contributed by atoms with van der Waals surface area (Å²) in [7, 11) is 0. The summed E-state index contributed by atoms with van der Waals surface area (Å²) in [5, 5.41) is 23.5. The van der Waals surface area contributed by atoms with Crippen LogP contribution < -0.4 is 5.32 Å². The number of phenols is 1. The molecule has 2 aromatic rings. The largest absolute Gasteiger partial charge is 0.506 e. The van der Waals surface area contributed by atoms with Crippen molar-refractivity contribution in [2.75, 3.05) is 5.32 Å². The Labute approximate surface area is 140 Å². The van der Waals surface area contributed by atoms with Crippen LogP contribution in [0.4, 0.5) is 11.4 Å². The van der Waals surface area contributed by atoms with E-state index < -0.39 is 10.8 Å². The number of anilines is 1. The summed E-state index contributed by atoms with van der Waals surface area (Å²) in [6, 6.07) is 9.22. The molecule has 2 aromatic carbocycles. The molecule has 0 radical (unpaired) electrons. The van der Waals surface area contributed by atoms with Crippen LogP contribution in [-0.2, 0) is 5.41 Å². The molecule has 0 aliphatic carbocycles. The van der Waals surface area contributed by atoms with Gasteiger partial charge in [-0.3, -0.25) is 14.9 Å². The summed E-state index contributed by atoms with van der Waals surface area (Å²) in [4.78, 5) is 22.7. The molecule has 0 aliphatic rings. The lowest BCUT2D eigenvalue weighted by atomic mass is 9.87. The van der Waals surface area contributed by atoms with Gasteiger partial charge >= 0.3 is 0 Å². The van der Waals surface area contributed by atoms with E-state index in [1.165, 1.54) is 24.3 Å². The number of hydrogen-bond acceptors (Lipinski definition) is 4. The second kappa shape index (κ2) is 6.31. The fourth-order valence-electron chi connectivity index (χ4n) is 2.30. The van der Waals surface area contributed by atoms with Gasteiger partial charge in [0.25, 0.3) is 11.6 Å². The zero-order chi connectivity index (χ0) is 18.1. The second-order valence-electron chi connectivity index (χ2n) is 6.69. The molecule has 0 unspecified atom stereocenters. The first-order chi connectivity index (χ1) is 11.1. The van der Waals surface area contributed by atoms with Crippen molar-refractivity contribution in [2.24, 2.45) is 0 Å². The number of nitrogens with zero attached hydrogens (tertiary/aromatic N) is 1. The van der Waals surface area contributed by atoms with E-state index in [-0.39, 0.29) is 16.9 Å². The molecule has 2 N–H and O–H groups in total. The molecule has 2 rings (SSSR count). The Bertz CT molecular complexity index is 807. The first kappa shape index (κ1) is 17.5. The number of amides is 1. The predicted octanol–water partition coefficient (Wildman–Crippen LogP) is 4.16. The number of carbonyl (C=O) groups excluding carboxylic acids is 1. The number of nitro groups is 1. The number of aromatic hydroxyl groups is 1. The number of aryl methyl sites for hydroxylation is 1. The van der Waals surface area contributed by atoms with E-state index in [0.717, 1.165) is 5.56 Å². The van der Waals surface area contributed by atoms with Crippen LogP contribution in [0.1, 0.15) is 42.3 Å². The molecule has 0 bridgehead atoms. The van der Waals surface area contributed by atoms with Crippen molar-refractivity contribution in [2.45, 2.75) is 33.1 Å². The minimum absolute atomic E-state index is 0.0324. The monoisotopic (exact) mass is 328 g/mol. The number of benzene rings is 2. The third-order valence-corrected chi connectivity index (χ3v) is 3.77. The Hall–Kier alpha value is -2.89. The summed E-state index contributed by atoms with van der Waals surface area (Å²) in [5.74, 6) is -0.468. The zero-order valence-electron chi connectivity index (χ0n) is 14.1. The standard InChI is InChI=1S/C18H20N2O4/c1-11-9-12(5-7-15(11)20(23)24)17(22)19-14-10-13(18(2,3)4)6-8-16(14)21/h5-10,21H,1-4H3,(H,19,22). The van der Waals surface area contributed by atoms with Crippen LogP contribution in [0.2, 0.25) is 0 Å². The van der Waals surface area contributed by atoms with Gasteiger partial charge in [0.15, 0.2) is 0 Å². The van der Waals surface area contributed by atoms with Gasteiger partial charge in [0.2, 0.25) is 0 Å². The molecule has 0 spiro atoms. The molecule has 0 aromatic heterocycles. The molecule has 0 saturated carbocycles. The van der Waals surface area contributed by atoms with Crippen LogP contribution in [0.15, 0.2) is 36.4 Å². The molecule has 0 fully saturated rings. The Morgan fingerprint density at radius 1 is 1.17 bits per heavy atom. The lowest BCUT2D eigenvalue weighted by Gasteiger charge is -2.20. The number of nitrogens with one attached hydrogen (secondary N) is 1. The highest BCUT2D eigenvalue weighted by Gasteiger charge is 2.18. The van der Waals surface area contributed by atoms with Gasteiger partial charge in [-0.2, -0.15) is 0 Å². The molecule has 0 heterocycles. The Balaban J connectivity index is 2.30. The van der Waals surface area contributed by atoms with Crippen LogP contribution in [0.25, 0.3) is 0 Å². The summed E-state index contributed by atoms with van der Waals surface area (Å²) >= 11 is 0. The molecular formula is C18H20N2O4. The third kappa shape index (κ3) is 3.71. The Morgan fingerprint density at radius 2 is 1.83 bits per heavy atom. The summed E-state index contributed by atoms with van der Waals surface area (Å²) < 4.78 is 0. The molecule has 6 nitrogen and oxygen atoms in total. The van der Waals surface area contributed by atoms with Crippen molar-refractivity contribution in [3.8, 4) is 5.75 Å². The number of rotatable bonds is 3. The highest BCUT2D eigenvalue weighted by atomic mass is 16.6. The van der Waals surface area contributed by atoms with E-state index >= 15 is 0 Å². The number of phenolic OH excluding ortho intramolecular Hbond substituents is 1. The van der Waals surface area contributed by atoms with Gasteiger partial charge in [0, 0.05) is 17.2 Å². The van der Waals surface area contributed by atoms with E-state index in [1.54, 1.807) is 19.1 Å². The van der Waals surface area contributed by atoms with Gasteiger partial charge in [0.1, 0.15) is 5.75 Å². The molecule has 0 aliphatic heterocycles. The van der Waals surface area contributed by atoms with Gasteiger partial charge in [-0.05, 0) is 42.2 Å². The van der Waals surface area contributed by atoms with Crippen molar-refractivity contribution < 1.29 is 14.8 Å². The van der Waals surface area contributed by atoms with Gasteiger partial charge in [-0.25, -0.2) is 0 Å². The Kier molecular flexibility index (Phi) is 4.59. The summed E-state index contributed by atoms with van der Waals surface area (Å²) in [6.45, 7) is 7.67. The summed E-state index contributed by atoms with van der Waals surface area (Å²) in [6.07, 6.45) is 0. The topological polar surface area (TPSA) is 92.5 Å². The minimum atomic E-state index is -0.490. The summed E-state index contributed by atoms with van der Waals surface area (Å²) in [5.41, 5.74) is 1.80. The number of hydrogen-bond donors (Lipinski definition) is 2. The van der Waals surface area contributed by atoms with Crippen molar-refractivity contribution in [3.63, 3.8) is 0 Å². The van der Waals surface area contributed by atoms with E-state index in [9.17, 15) is 20.0 Å². The minimum Gasteiger partial charge on any atom is -0.506 e. The first-order valence-corrected chi connectivity index (χ1v) is 7.49. The van der Waals surface area contributed by atoms with E-state index in [4.69, 9.17) is 0 Å². The molecular weight excluding hydrogens is 308 g/mol. The molecule has 0 saturated heterocycles. The maximum atomic E-state index is 12.4. The van der Waals surface area contributed by atoms with Crippen LogP contribution in [0.5, 0.6) is 5.75 Å². The lowest BCUT2D eigenvalue weighted by molar-refractivity contribution is -0.385. The van der Waals surface area contributed by atoms with Gasteiger partial charge in [-0.1, -0.05) is 26.8 Å². The normalized spacial score (nSPS) is 11.2. The second-order valence-corrected chi connectivity index (χ2v) is 6.69. The molecule has 1 amide bonds. The maximum absolute atomic E-state index is 12.4. The fourth-order valence-corrected chi connectivity index (χ4v) is 2.30. The Morgan fingerprint density at radius 3 is 2.38 bits per heavy atom. The van der Waals surface area contributed by atoms with E-state index in [2.05, 4.69) is 5.32 Å². The third-order valence-electron chi connectivity index (χ3n) is 3.77. The van der Waals surface area contributed by atoms with E-state index in [1.807, 2.05) is 20.8 Å². The molecule has 24 heavy (non-hydrogen) atoms. The van der Waals surface area contributed by atoms with Gasteiger partial charge < -0.3 is 10.4 Å². The van der Waals surface area contributed by atoms with Crippen LogP contribution in [0.3, 0.4) is 0 Å². The smallest absolute Gasteiger partial charge is 0.272 e. The predicted molar refractivity (Wildman–Crippen MR) is 92.6 cm³/mol. The van der Waals surface area contributed by atoms with Crippen molar-refractivity contribution in [1.29, 1.82) is 0 Å². The van der Waals surface area contributed by atoms with Crippen LogP contribution >= 0.6 is 0 Å². The lowest BCUT2D eigenvalue weighted by Crippen LogP contribution is -2.15. The van der Waals surface area contributed by atoms with Crippen LogP contribution in [0, 0.1) is 17.0 Å². The fraction of sp³-hybridized carbons (Fsp3) is 0.278. The average Bonchev–Trinajstić information content (AvgIpc) is 2.47. The highest BCUT2D eigenvalue weighted by Crippen LogP contribution is 2.31. The first-order valence-electron chi connectivity index (χ1n) is 7.49. The van der Waals surface area contributed by atoms with Crippen LogP contribution in [-0.4, -0.2) is 15.9 Å². The number of nitro benzene ring substituents is 1. The van der Waals surface area contributed by atoms with Gasteiger partial charge in [0.05, 0.1) is 10.6 Å².